The zero-order valence-corrected chi connectivity index (χ0v) is 11.3. The van der Waals surface area contributed by atoms with Crippen LogP contribution in [0.5, 0.6) is 0 Å². The summed E-state index contributed by atoms with van der Waals surface area (Å²) < 4.78 is 0. The third kappa shape index (κ3) is 2.29. The number of carboxylic acid groups (broad SMARTS) is 1. The molecule has 21 heavy (non-hydrogen) atoms. The fourth-order valence-corrected chi connectivity index (χ4v) is 2.81. The summed E-state index contributed by atoms with van der Waals surface area (Å²) in [6, 6.07) is 7.46. The molecule has 0 aliphatic carbocycles. The Balaban J connectivity index is 2.13. The van der Waals surface area contributed by atoms with E-state index in [9.17, 15) is 9.59 Å². The van der Waals surface area contributed by atoms with Gasteiger partial charge >= 0.3 is 5.97 Å². The smallest absolute Gasteiger partial charge is 0.308 e. The molecule has 108 valence electrons. The second-order valence-corrected chi connectivity index (χ2v) is 5.17. The number of nitrogens with zero attached hydrogens (tertiary/aromatic N) is 2. The number of aromatic nitrogens is 1. The van der Waals surface area contributed by atoms with E-state index in [1.165, 1.54) is 6.20 Å². The molecule has 1 aliphatic rings. The summed E-state index contributed by atoms with van der Waals surface area (Å²) in [7, 11) is 0. The van der Waals surface area contributed by atoms with Crippen molar-refractivity contribution in [1.82, 2.24) is 4.98 Å². The number of fused-ring (bicyclic) bond motifs is 1. The molecule has 1 aromatic heterocycles. The Hall–Kier alpha value is -2.63. The maximum absolute atomic E-state index is 11.7. The van der Waals surface area contributed by atoms with Crippen molar-refractivity contribution in [1.29, 1.82) is 0 Å². The minimum absolute atomic E-state index is 0.333. The van der Waals surface area contributed by atoms with Crippen molar-refractivity contribution >= 4 is 28.5 Å². The number of primary amides is 1. The van der Waals surface area contributed by atoms with E-state index in [1.54, 1.807) is 0 Å². The number of para-hydroxylation sites is 1. The van der Waals surface area contributed by atoms with Crippen molar-refractivity contribution in [2.75, 3.05) is 18.0 Å². The second kappa shape index (κ2) is 5.05. The lowest BCUT2D eigenvalue weighted by Crippen LogP contribution is -2.26. The maximum Gasteiger partial charge on any atom is 0.308 e. The number of hydrogen-bond donors (Lipinski definition) is 2. The van der Waals surface area contributed by atoms with Crippen LogP contribution in [0.4, 0.5) is 5.69 Å². The first-order valence-corrected chi connectivity index (χ1v) is 6.73. The highest BCUT2D eigenvalue weighted by Gasteiger charge is 2.31. The summed E-state index contributed by atoms with van der Waals surface area (Å²) in [5, 5.41) is 9.96. The van der Waals surface area contributed by atoms with Gasteiger partial charge in [-0.05, 0) is 12.5 Å². The number of benzene rings is 1. The normalized spacial score (nSPS) is 18.1. The van der Waals surface area contributed by atoms with Gasteiger partial charge in [0.15, 0.2) is 0 Å². The largest absolute Gasteiger partial charge is 0.481 e. The molecule has 1 amide bonds. The van der Waals surface area contributed by atoms with Gasteiger partial charge in [0.1, 0.15) is 0 Å². The summed E-state index contributed by atoms with van der Waals surface area (Å²) >= 11 is 0. The molecule has 1 aliphatic heterocycles. The number of pyridine rings is 1. The minimum Gasteiger partial charge on any atom is -0.481 e. The molecule has 0 saturated carbocycles. The lowest BCUT2D eigenvalue weighted by molar-refractivity contribution is -0.140. The number of hydrogen-bond acceptors (Lipinski definition) is 4. The SMILES string of the molecule is NC(=O)c1cnc2ccccc2c1N1CCC(C(=O)O)C1. The number of carbonyl (C=O) groups is 2. The molecule has 3 N–H and O–H groups in total. The zero-order valence-electron chi connectivity index (χ0n) is 11.3. The molecule has 6 nitrogen and oxygen atoms in total. The van der Waals surface area contributed by atoms with Gasteiger partial charge in [-0.3, -0.25) is 14.6 Å². The van der Waals surface area contributed by atoms with Gasteiger partial charge in [-0.1, -0.05) is 18.2 Å². The Morgan fingerprint density at radius 1 is 1.33 bits per heavy atom. The molecule has 1 atom stereocenters. The van der Waals surface area contributed by atoms with Gasteiger partial charge < -0.3 is 15.7 Å². The van der Waals surface area contributed by atoms with Crippen molar-refractivity contribution in [2.24, 2.45) is 11.7 Å². The quantitative estimate of drug-likeness (QED) is 0.884. The summed E-state index contributed by atoms with van der Waals surface area (Å²) in [4.78, 5) is 29.0. The number of rotatable bonds is 3. The first kappa shape index (κ1) is 13.4. The first-order chi connectivity index (χ1) is 10.1. The van der Waals surface area contributed by atoms with Crippen LogP contribution in [-0.4, -0.2) is 35.1 Å². The van der Waals surface area contributed by atoms with Crippen LogP contribution in [0.25, 0.3) is 10.9 Å². The predicted molar refractivity (Wildman–Crippen MR) is 78.2 cm³/mol. The molecule has 0 bridgehead atoms. The number of carbonyl (C=O) groups excluding carboxylic acids is 1. The van der Waals surface area contributed by atoms with Crippen LogP contribution in [-0.2, 0) is 4.79 Å². The fraction of sp³-hybridized carbons (Fsp3) is 0.267. The molecule has 1 unspecified atom stereocenters. The van der Waals surface area contributed by atoms with Crippen LogP contribution in [0.2, 0.25) is 0 Å². The number of amides is 1. The molecule has 6 heteroatoms. The van der Waals surface area contributed by atoms with Crippen LogP contribution in [0.3, 0.4) is 0 Å². The monoisotopic (exact) mass is 285 g/mol. The maximum atomic E-state index is 11.7. The number of anilines is 1. The van der Waals surface area contributed by atoms with E-state index in [2.05, 4.69) is 4.98 Å². The summed E-state index contributed by atoms with van der Waals surface area (Å²) in [5.74, 6) is -1.78. The van der Waals surface area contributed by atoms with Gasteiger partial charge in [0.25, 0.3) is 5.91 Å². The van der Waals surface area contributed by atoms with Gasteiger partial charge in [0.2, 0.25) is 0 Å². The lowest BCUT2D eigenvalue weighted by Gasteiger charge is -2.22. The van der Waals surface area contributed by atoms with Crippen molar-refractivity contribution in [3.63, 3.8) is 0 Å². The number of aliphatic carboxylic acids is 1. The van der Waals surface area contributed by atoms with Crippen molar-refractivity contribution in [3.8, 4) is 0 Å². The average molecular weight is 285 g/mol. The highest BCUT2D eigenvalue weighted by Crippen LogP contribution is 2.33. The highest BCUT2D eigenvalue weighted by molar-refractivity contribution is 6.06. The van der Waals surface area contributed by atoms with Crippen molar-refractivity contribution in [2.45, 2.75) is 6.42 Å². The van der Waals surface area contributed by atoms with Gasteiger partial charge in [-0.25, -0.2) is 0 Å². The Bertz CT molecular complexity index is 729. The van der Waals surface area contributed by atoms with E-state index in [0.717, 1.165) is 10.9 Å². The van der Waals surface area contributed by atoms with Crippen LogP contribution in [0.1, 0.15) is 16.8 Å². The second-order valence-electron chi connectivity index (χ2n) is 5.17. The van der Waals surface area contributed by atoms with E-state index < -0.39 is 17.8 Å². The Morgan fingerprint density at radius 3 is 2.76 bits per heavy atom. The molecular weight excluding hydrogens is 270 g/mol. The van der Waals surface area contributed by atoms with Gasteiger partial charge in [0.05, 0.1) is 22.7 Å². The van der Waals surface area contributed by atoms with E-state index in [4.69, 9.17) is 10.8 Å². The molecular formula is C15H15N3O3. The lowest BCUT2D eigenvalue weighted by atomic mass is 10.1. The van der Waals surface area contributed by atoms with Gasteiger partial charge in [0, 0.05) is 24.7 Å². The summed E-state index contributed by atoms with van der Waals surface area (Å²) in [6.07, 6.45) is 2.03. The van der Waals surface area contributed by atoms with Crippen molar-refractivity contribution in [3.05, 3.63) is 36.0 Å². The molecule has 3 rings (SSSR count). The van der Waals surface area contributed by atoms with Gasteiger partial charge in [-0.15, -0.1) is 0 Å². The molecule has 0 spiro atoms. The number of carboxylic acids is 1. The van der Waals surface area contributed by atoms with E-state index in [1.807, 2.05) is 29.2 Å². The first-order valence-electron chi connectivity index (χ1n) is 6.73. The standard InChI is InChI=1S/C15H15N3O3/c16-14(19)11-7-17-12-4-2-1-3-10(12)13(11)18-6-5-9(8-18)15(20)21/h1-4,7,9H,5-6,8H2,(H2,16,19)(H,20,21). The Morgan fingerprint density at radius 2 is 2.10 bits per heavy atom. The summed E-state index contributed by atoms with van der Waals surface area (Å²) in [6.45, 7) is 0.967. The van der Waals surface area contributed by atoms with Crippen LogP contribution in [0.15, 0.2) is 30.5 Å². The zero-order chi connectivity index (χ0) is 15.0. The molecule has 2 heterocycles. The topological polar surface area (TPSA) is 96.5 Å². The predicted octanol–water partition coefficient (Wildman–Crippen LogP) is 1.24. The van der Waals surface area contributed by atoms with E-state index in [0.29, 0.717) is 30.8 Å². The minimum atomic E-state index is -0.809. The van der Waals surface area contributed by atoms with E-state index >= 15 is 0 Å². The summed E-state index contributed by atoms with van der Waals surface area (Å²) in [5.41, 5.74) is 7.23. The number of nitrogens with two attached hydrogens (primary N) is 1. The average Bonchev–Trinajstić information content (AvgIpc) is 2.95. The Kier molecular flexibility index (Phi) is 3.21. The third-order valence-electron chi connectivity index (χ3n) is 3.87. The molecule has 1 saturated heterocycles. The Labute approximate surface area is 121 Å². The van der Waals surface area contributed by atoms with Crippen LogP contribution in [0, 0.1) is 5.92 Å². The highest BCUT2D eigenvalue weighted by atomic mass is 16.4. The van der Waals surface area contributed by atoms with E-state index in [-0.39, 0.29) is 0 Å². The fourth-order valence-electron chi connectivity index (χ4n) is 2.81. The molecule has 2 aromatic rings. The molecule has 0 radical (unpaired) electrons. The molecule has 1 fully saturated rings. The van der Waals surface area contributed by atoms with Crippen LogP contribution >= 0.6 is 0 Å². The van der Waals surface area contributed by atoms with Crippen LogP contribution < -0.4 is 10.6 Å². The molecule has 1 aromatic carbocycles. The third-order valence-corrected chi connectivity index (χ3v) is 3.87. The van der Waals surface area contributed by atoms with Crippen molar-refractivity contribution < 1.29 is 14.7 Å². The van der Waals surface area contributed by atoms with Gasteiger partial charge in [-0.2, -0.15) is 0 Å².